The fourth-order valence-corrected chi connectivity index (χ4v) is 1.57. The molecule has 1 aromatic carbocycles. The fraction of sp³-hybridized carbons (Fsp3) is 0.571. The number of benzene rings is 1. The highest BCUT2D eigenvalue weighted by atomic mass is 16.5. The minimum absolute atomic E-state index is 0.316. The molecule has 1 rings (SSSR count). The number of hydrogen-bond donors (Lipinski definition) is 2. The van der Waals surface area contributed by atoms with Gasteiger partial charge in [-0.3, -0.25) is 0 Å². The number of nitrogens with one attached hydrogen (secondary N) is 1. The van der Waals surface area contributed by atoms with Gasteiger partial charge in [-0.05, 0) is 12.5 Å². The molecule has 1 aromatic rings. The van der Waals surface area contributed by atoms with Crippen LogP contribution in [0.15, 0.2) is 30.3 Å². The summed E-state index contributed by atoms with van der Waals surface area (Å²) in [4.78, 5) is 0. The fourth-order valence-electron chi connectivity index (χ4n) is 1.57. The quantitative estimate of drug-likeness (QED) is 0.712. The van der Waals surface area contributed by atoms with Crippen LogP contribution in [-0.4, -0.2) is 30.9 Å². The van der Waals surface area contributed by atoms with Gasteiger partial charge in [-0.25, -0.2) is 0 Å². The van der Waals surface area contributed by atoms with E-state index in [-0.39, 0.29) is 0 Å². The van der Waals surface area contributed by atoms with Gasteiger partial charge in [-0.15, -0.1) is 0 Å². The van der Waals surface area contributed by atoms with Gasteiger partial charge in [-0.1, -0.05) is 44.2 Å². The lowest BCUT2D eigenvalue weighted by Gasteiger charge is -2.23. The second-order valence-corrected chi connectivity index (χ2v) is 4.80. The molecule has 0 spiro atoms. The summed E-state index contributed by atoms with van der Waals surface area (Å²) in [6.07, 6.45) is 0. The van der Waals surface area contributed by atoms with E-state index in [0.29, 0.717) is 19.3 Å². The summed E-state index contributed by atoms with van der Waals surface area (Å²) in [6, 6.07) is 10.1. The van der Waals surface area contributed by atoms with Crippen molar-refractivity contribution in [3.8, 4) is 0 Å². The predicted molar refractivity (Wildman–Crippen MR) is 70.0 cm³/mol. The first kappa shape index (κ1) is 14.2. The Balaban J connectivity index is 2.30. The maximum Gasteiger partial charge on any atom is 0.110 e. The predicted octanol–water partition coefficient (Wildman–Crippen LogP) is 1.91. The molecule has 96 valence electrons. The van der Waals surface area contributed by atoms with Gasteiger partial charge >= 0.3 is 0 Å². The Morgan fingerprint density at radius 2 is 1.94 bits per heavy atom. The molecule has 2 N–H and O–H groups in total. The molecule has 0 aliphatic heterocycles. The molecule has 3 heteroatoms. The van der Waals surface area contributed by atoms with E-state index >= 15 is 0 Å². The van der Waals surface area contributed by atoms with E-state index in [9.17, 15) is 5.11 Å². The zero-order valence-electron chi connectivity index (χ0n) is 10.9. The van der Waals surface area contributed by atoms with Gasteiger partial charge in [0, 0.05) is 12.6 Å². The second kappa shape index (κ2) is 6.74. The van der Waals surface area contributed by atoms with Crippen molar-refractivity contribution in [2.75, 3.05) is 19.8 Å². The highest BCUT2D eigenvalue weighted by Gasteiger charge is 2.22. The summed E-state index contributed by atoms with van der Waals surface area (Å²) in [5.74, 6) is 0. The van der Waals surface area contributed by atoms with Crippen molar-refractivity contribution in [3.63, 3.8) is 0 Å². The molecule has 0 aromatic heterocycles. The number of ether oxygens (including phenoxy) is 1. The molecule has 0 saturated heterocycles. The van der Waals surface area contributed by atoms with E-state index in [1.165, 1.54) is 0 Å². The lowest BCUT2D eigenvalue weighted by Crippen LogP contribution is -2.31. The number of hydrogen-bond acceptors (Lipinski definition) is 3. The molecule has 1 unspecified atom stereocenters. The monoisotopic (exact) mass is 237 g/mol. The Morgan fingerprint density at radius 3 is 2.53 bits per heavy atom. The summed E-state index contributed by atoms with van der Waals surface area (Å²) in [5.41, 5.74) is -0.0316. The molecular weight excluding hydrogens is 214 g/mol. The molecule has 0 fully saturated rings. The Labute approximate surface area is 104 Å². The molecule has 0 aliphatic rings. The van der Waals surface area contributed by atoms with E-state index in [1.807, 2.05) is 30.3 Å². The van der Waals surface area contributed by atoms with E-state index in [2.05, 4.69) is 19.2 Å². The molecule has 0 amide bonds. The van der Waals surface area contributed by atoms with Crippen molar-refractivity contribution in [2.24, 2.45) is 0 Å². The Kier molecular flexibility index (Phi) is 5.62. The van der Waals surface area contributed by atoms with Crippen molar-refractivity contribution in [2.45, 2.75) is 32.4 Å². The van der Waals surface area contributed by atoms with Gasteiger partial charge in [-0.2, -0.15) is 0 Å². The third-order valence-corrected chi connectivity index (χ3v) is 2.58. The summed E-state index contributed by atoms with van der Waals surface area (Å²) in [7, 11) is 0. The SMILES string of the molecule is CC(C)NCCOCC(C)(O)c1ccccc1. The van der Waals surface area contributed by atoms with Crippen LogP contribution in [0.4, 0.5) is 0 Å². The molecule has 0 bridgehead atoms. The molecule has 0 radical (unpaired) electrons. The first-order valence-electron chi connectivity index (χ1n) is 6.11. The average molecular weight is 237 g/mol. The van der Waals surface area contributed by atoms with Crippen LogP contribution >= 0.6 is 0 Å². The average Bonchev–Trinajstić information content (AvgIpc) is 2.29. The van der Waals surface area contributed by atoms with Gasteiger partial charge < -0.3 is 15.2 Å². The first-order chi connectivity index (χ1) is 8.02. The lowest BCUT2D eigenvalue weighted by atomic mass is 9.97. The summed E-state index contributed by atoms with van der Waals surface area (Å²) >= 11 is 0. The summed E-state index contributed by atoms with van der Waals surface area (Å²) < 4.78 is 5.49. The lowest BCUT2D eigenvalue weighted by molar-refractivity contribution is -0.0369. The first-order valence-corrected chi connectivity index (χ1v) is 6.11. The van der Waals surface area contributed by atoms with Crippen molar-refractivity contribution in [1.82, 2.24) is 5.32 Å². The highest BCUT2D eigenvalue weighted by Crippen LogP contribution is 2.20. The largest absolute Gasteiger partial charge is 0.383 e. The Bertz CT molecular complexity index is 309. The molecule has 0 aliphatic carbocycles. The highest BCUT2D eigenvalue weighted by molar-refractivity contribution is 5.21. The third kappa shape index (κ3) is 5.31. The van der Waals surface area contributed by atoms with Crippen LogP contribution in [-0.2, 0) is 10.3 Å². The van der Waals surface area contributed by atoms with E-state index < -0.39 is 5.60 Å². The molecule has 0 saturated carbocycles. The zero-order chi connectivity index (χ0) is 12.7. The minimum atomic E-state index is -0.918. The van der Waals surface area contributed by atoms with Gasteiger partial charge in [0.15, 0.2) is 0 Å². The van der Waals surface area contributed by atoms with Crippen LogP contribution in [0.5, 0.6) is 0 Å². The van der Waals surface area contributed by atoms with Gasteiger partial charge in [0.2, 0.25) is 0 Å². The van der Waals surface area contributed by atoms with Crippen LogP contribution < -0.4 is 5.32 Å². The van der Waals surface area contributed by atoms with Gasteiger partial charge in [0.1, 0.15) is 5.60 Å². The number of rotatable bonds is 7. The standard InChI is InChI=1S/C14H23NO2/c1-12(2)15-9-10-17-11-14(3,16)13-7-5-4-6-8-13/h4-8,12,15-16H,9-11H2,1-3H3. The second-order valence-electron chi connectivity index (χ2n) is 4.80. The molecule has 17 heavy (non-hydrogen) atoms. The van der Waals surface area contributed by atoms with Crippen LogP contribution in [0.3, 0.4) is 0 Å². The van der Waals surface area contributed by atoms with Crippen molar-refractivity contribution in [3.05, 3.63) is 35.9 Å². The van der Waals surface area contributed by atoms with E-state index in [1.54, 1.807) is 6.92 Å². The molecule has 1 atom stereocenters. The van der Waals surface area contributed by atoms with E-state index in [0.717, 1.165) is 12.1 Å². The molecule has 0 heterocycles. The van der Waals surface area contributed by atoms with Crippen LogP contribution in [0, 0.1) is 0 Å². The third-order valence-electron chi connectivity index (χ3n) is 2.58. The maximum atomic E-state index is 10.2. The number of aliphatic hydroxyl groups is 1. The Morgan fingerprint density at radius 1 is 1.29 bits per heavy atom. The summed E-state index contributed by atoms with van der Waals surface area (Å²) in [6.45, 7) is 7.71. The van der Waals surface area contributed by atoms with Crippen molar-refractivity contribution >= 4 is 0 Å². The van der Waals surface area contributed by atoms with Crippen molar-refractivity contribution in [1.29, 1.82) is 0 Å². The summed E-state index contributed by atoms with van der Waals surface area (Å²) in [5, 5.41) is 13.5. The van der Waals surface area contributed by atoms with Crippen LogP contribution in [0.2, 0.25) is 0 Å². The normalized spacial score (nSPS) is 14.9. The topological polar surface area (TPSA) is 41.5 Å². The molecule has 3 nitrogen and oxygen atoms in total. The van der Waals surface area contributed by atoms with Gasteiger partial charge in [0.05, 0.1) is 13.2 Å². The molecular formula is C14H23NO2. The van der Waals surface area contributed by atoms with E-state index in [4.69, 9.17) is 4.74 Å². The van der Waals surface area contributed by atoms with Crippen LogP contribution in [0.1, 0.15) is 26.3 Å². The smallest absolute Gasteiger partial charge is 0.110 e. The van der Waals surface area contributed by atoms with Gasteiger partial charge in [0.25, 0.3) is 0 Å². The minimum Gasteiger partial charge on any atom is -0.383 e. The zero-order valence-corrected chi connectivity index (χ0v) is 10.9. The maximum absolute atomic E-state index is 10.2. The van der Waals surface area contributed by atoms with Crippen molar-refractivity contribution < 1.29 is 9.84 Å². The van der Waals surface area contributed by atoms with Crippen LogP contribution in [0.25, 0.3) is 0 Å². The Hall–Kier alpha value is -0.900.